The van der Waals surface area contributed by atoms with E-state index in [1.54, 1.807) is 18.3 Å². The van der Waals surface area contributed by atoms with E-state index in [0.717, 1.165) is 83.3 Å². The number of nitrogens with zero attached hydrogens (tertiary/aromatic N) is 2. The first-order chi connectivity index (χ1) is 18.9. The van der Waals surface area contributed by atoms with E-state index in [2.05, 4.69) is 5.32 Å². The maximum atomic E-state index is 14.0. The van der Waals surface area contributed by atoms with Crippen molar-refractivity contribution in [1.82, 2.24) is 9.55 Å². The highest BCUT2D eigenvalue weighted by Gasteiger charge is 2.28. The van der Waals surface area contributed by atoms with E-state index >= 15 is 0 Å². The number of thiophene rings is 2. The lowest BCUT2D eigenvalue weighted by molar-refractivity contribution is -0.116. The van der Waals surface area contributed by atoms with Gasteiger partial charge in [0.1, 0.15) is 22.2 Å². The fraction of sp³-hybridized carbons (Fsp3) is 0.400. The Morgan fingerprint density at radius 2 is 1.74 bits per heavy atom. The number of rotatable bonds is 6. The van der Waals surface area contributed by atoms with Crippen LogP contribution in [0.5, 0.6) is 0 Å². The summed E-state index contributed by atoms with van der Waals surface area (Å²) in [7, 11) is 0. The maximum absolute atomic E-state index is 14.0. The third-order valence-corrected chi connectivity index (χ3v) is 9.95. The van der Waals surface area contributed by atoms with Gasteiger partial charge in [0.15, 0.2) is 0 Å². The Hall–Kier alpha value is -3.30. The Kier molecular flexibility index (Phi) is 7.12. The van der Waals surface area contributed by atoms with Gasteiger partial charge in [-0.1, -0.05) is 23.8 Å². The number of hydrogen-bond acceptors (Lipinski definition) is 7. The Morgan fingerprint density at radius 3 is 2.49 bits per heavy atom. The SMILES string of the molecule is CCOC(=O)c1c(NC(=O)Cn2c(-c3cccc(C)c3)nc3sc4c(c3c2=O)CCCC4)sc2c1CCCC2. The summed E-state index contributed by atoms with van der Waals surface area (Å²) in [5.74, 6) is -0.278. The van der Waals surface area contributed by atoms with Crippen LogP contribution in [0.1, 0.15) is 69.4 Å². The number of aromatic nitrogens is 2. The molecule has 7 nitrogen and oxygen atoms in total. The third kappa shape index (κ3) is 4.82. The van der Waals surface area contributed by atoms with Crippen LogP contribution in [0.25, 0.3) is 21.6 Å². The molecule has 2 aliphatic carbocycles. The van der Waals surface area contributed by atoms with E-state index in [9.17, 15) is 14.4 Å². The van der Waals surface area contributed by atoms with E-state index in [1.807, 2.05) is 31.2 Å². The topological polar surface area (TPSA) is 90.3 Å². The standard InChI is InChI=1S/C30H31N3O4S2/c1-3-37-30(36)25-20-12-5-7-14-22(20)39-28(25)31-23(34)16-33-26(18-10-8-9-17(2)15-18)32-27-24(29(33)35)19-11-4-6-13-21(19)38-27/h8-10,15H,3-7,11-14,16H2,1-2H3,(H,31,34). The normalized spacial score (nSPS) is 14.6. The van der Waals surface area contributed by atoms with Crippen LogP contribution < -0.4 is 10.9 Å². The highest BCUT2D eigenvalue weighted by Crippen LogP contribution is 2.39. The minimum Gasteiger partial charge on any atom is -0.462 e. The maximum Gasteiger partial charge on any atom is 0.341 e. The van der Waals surface area contributed by atoms with E-state index in [1.165, 1.54) is 20.8 Å². The van der Waals surface area contributed by atoms with Gasteiger partial charge < -0.3 is 10.1 Å². The molecule has 1 N–H and O–H groups in total. The second-order valence-electron chi connectivity index (χ2n) is 10.3. The molecule has 0 atom stereocenters. The van der Waals surface area contributed by atoms with Gasteiger partial charge in [-0.2, -0.15) is 0 Å². The van der Waals surface area contributed by atoms with Crippen LogP contribution in [0.15, 0.2) is 29.1 Å². The molecule has 0 unspecified atom stereocenters. The fourth-order valence-electron chi connectivity index (χ4n) is 5.77. The van der Waals surface area contributed by atoms with Crippen LogP contribution in [-0.2, 0) is 41.8 Å². The first-order valence-corrected chi connectivity index (χ1v) is 15.3. The van der Waals surface area contributed by atoms with Crippen molar-refractivity contribution in [2.45, 2.75) is 71.8 Å². The number of hydrogen-bond donors (Lipinski definition) is 1. The molecular formula is C30H31N3O4S2. The number of nitrogens with one attached hydrogen (secondary N) is 1. The van der Waals surface area contributed by atoms with Crippen molar-refractivity contribution in [3.8, 4) is 11.4 Å². The zero-order chi connectivity index (χ0) is 27.1. The van der Waals surface area contributed by atoms with Crippen molar-refractivity contribution in [3.63, 3.8) is 0 Å². The molecule has 2 aliphatic rings. The molecule has 202 valence electrons. The van der Waals surface area contributed by atoms with Crippen LogP contribution in [0.4, 0.5) is 5.00 Å². The molecule has 39 heavy (non-hydrogen) atoms. The summed E-state index contributed by atoms with van der Waals surface area (Å²) >= 11 is 3.06. The number of carbonyl (C=O) groups excluding carboxylic acids is 2. The van der Waals surface area contributed by atoms with Crippen molar-refractivity contribution in [3.05, 3.63) is 66.6 Å². The summed E-state index contributed by atoms with van der Waals surface area (Å²) < 4.78 is 6.85. The number of benzene rings is 1. The zero-order valence-corrected chi connectivity index (χ0v) is 23.9. The van der Waals surface area contributed by atoms with E-state index in [-0.39, 0.29) is 24.6 Å². The largest absolute Gasteiger partial charge is 0.462 e. The molecule has 0 saturated heterocycles. The number of carbonyl (C=O) groups is 2. The van der Waals surface area contributed by atoms with Gasteiger partial charge in [-0.25, -0.2) is 9.78 Å². The van der Waals surface area contributed by atoms with Crippen molar-refractivity contribution < 1.29 is 14.3 Å². The minimum absolute atomic E-state index is 0.179. The zero-order valence-electron chi connectivity index (χ0n) is 22.2. The predicted octanol–water partition coefficient (Wildman–Crippen LogP) is 6.07. The highest BCUT2D eigenvalue weighted by molar-refractivity contribution is 7.18. The molecular weight excluding hydrogens is 530 g/mol. The van der Waals surface area contributed by atoms with Crippen molar-refractivity contribution in [2.75, 3.05) is 11.9 Å². The lowest BCUT2D eigenvalue weighted by atomic mass is 9.95. The minimum atomic E-state index is -0.405. The molecule has 0 fully saturated rings. The molecule has 4 aromatic rings. The molecule has 3 aromatic heterocycles. The van der Waals surface area contributed by atoms with Gasteiger partial charge in [0, 0.05) is 15.3 Å². The highest BCUT2D eigenvalue weighted by atomic mass is 32.1. The van der Waals surface area contributed by atoms with Gasteiger partial charge in [0.2, 0.25) is 5.91 Å². The molecule has 0 spiro atoms. The smallest absolute Gasteiger partial charge is 0.341 e. The molecule has 0 bridgehead atoms. The number of ether oxygens (including phenoxy) is 1. The molecule has 0 saturated carbocycles. The average Bonchev–Trinajstić information content (AvgIpc) is 3.48. The van der Waals surface area contributed by atoms with Gasteiger partial charge in [-0.15, -0.1) is 22.7 Å². The number of amides is 1. The summed E-state index contributed by atoms with van der Waals surface area (Å²) in [5, 5.41) is 4.13. The summed E-state index contributed by atoms with van der Waals surface area (Å²) in [6, 6.07) is 7.85. The average molecular weight is 562 g/mol. The summed E-state index contributed by atoms with van der Waals surface area (Å²) in [5.41, 5.74) is 4.22. The van der Waals surface area contributed by atoms with Gasteiger partial charge in [0.25, 0.3) is 5.56 Å². The van der Waals surface area contributed by atoms with Gasteiger partial charge in [-0.05, 0) is 82.4 Å². The fourth-order valence-corrected chi connectivity index (χ4v) is 8.32. The monoisotopic (exact) mass is 561 g/mol. The van der Waals surface area contributed by atoms with Gasteiger partial charge >= 0.3 is 5.97 Å². The number of fused-ring (bicyclic) bond motifs is 4. The lowest BCUT2D eigenvalue weighted by Gasteiger charge is -2.15. The molecule has 0 aliphatic heterocycles. The Bertz CT molecular complexity index is 1660. The van der Waals surface area contributed by atoms with Crippen molar-refractivity contribution in [1.29, 1.82) is 0 Å². The van der Waals surface area contributed by atoms with E-state index in [4.69, 9.17) is 9.72 Å². The van der Waals surface area contributed by atoms with Crippen LogP contribution >= 0.6 is 22.7 Å². The van der Waals surface area contributed by atoms with Crippen LogP contribution in [0, 0.1) is 6.92 Å². The van der Waals surface area contributed by atoms with Crippen molar-refractivity contribution in [2.24, 2.45) is 0 Å². The second kappa shape index (κ2) is 10.7. The Labute approximate surface area is 234 Å². The van der Waals surface area contributed by atoms with Crippen LogP contribution in [-0.4, -0.2) is 28.0 Å². The second-order valence-corrected chi connectivity index (χ2v) is 12.5. The Balaban J connectivity index is 1.42. The number of esters is 1. The number of aryl methyl sites for hydroxylation is 4. The summed E-state index contributed by atoms with van der Waals surface area (Å²) in [4.78, 5) is 48.5. The number of anilines is 1. The first-order valence-electron chi connectivity index (χ1n) is 13.7. The predicted molar refractivity (Wildman–Crippen MR) is 156 cm³/mol. The lowest BCUT2D eigenvalue weighted by Crippen LogP contribution is -2.30. The third-order valence-electron chi connectivity index (χ3n) is 7.56. The molecule has 9 heteroatoms. The Morgan fingerprint density at radius 1 is 1.03 bits per heavy atom. The molecule has 6 rings (SSSR count). The molecule has 1 aromatic carbocycles. The van der Waals surface area contributed by atoms with Crippen LogP contribution in [0.3, 0.4) is 0 Å². The van der Waals surface area contributed by atoms with Gasteiger partial charge in [0.05, 0.1) is 17.6 Å². The van der Waals surface area contributed by atoms with E-state index in [0.29, 0.717) is 21.8 Å². The summed E-state index contributed by atoms with van der Waals surface area (Å²) in [6.45, 7) is 3.85. The van der Waals surface area contributed by atoms with E-state index < -0.39 is 5.97 Å². The van der Waals surface area contributed by atoms with Crippen LogP contribution in [0.2, 0.25) is 0 Å². The molecule has 3 heterocycles. The molecule has 1 amide bonds. The van der Waals surface area contributed by atoms with Gasteiger partial charge in [-0.3, -0.25) is 14.2 Å². The van der Waals surface area contributed by atoms with Crippen molar-refractivity contribution >= 4 is 49.8 Å². The molecule has 0 radical (unpaired) electrons. The summed E-state index contributed by atoms with van der Waals surface area (Å²) in [6.07, 6.45) is 7.78. The first kappa shape index (κ1) is 26.0. The quantitative estimate of drug-likeness (QED) is 0.289.